The first kappa shape index (κ1) is 12.5. The van der Waals surface area contributed by atoms with Crippen LogP contribution in [0.4, 0.5) is 0 Å². The number of carboxylic acids is 1. The summed E-state index contributed by atoms with van der Waals surface area (Å²) in [6.45, 7) is 4.42. The van der Waals surface area contributed by atoms with E-state index in [-0.39, 0.29) is 6.04 Å². The highest BCUT2D eigenvalue weighted by molar-refractivity contribution is 5.73. The molecular weight excluding hydrogens is 194 g/mol. The number of hydrogen-bond acceptors (Lipinski definition) is 3. The summed E-state index contributed by atoms with van der Waals surface area (Å²) in [5, 5.41) is 18.7. The maximum absolute atomic E-state index is 11.1. The second-order valence-electron chi connectivity index (χ2n) is 4.30. The van der Waals surface area contributed by atoms with E-state index in [9.17, 15) is 9.90 Å². The number of hydrogen-bond donors (Lipinski definition) is 2. The molecule has 0 saturated carbocycles. The van der Waals surface area contributed by atoms with Crippen molar-refractivity contribution in [3.05, 3.63) is 0 Å². The van der Waals surface area contributed by atoms with Crippen LogP contribution in [0.5, 0.6) is 0 Å². The Morgan fingerprint density at radius 2 is 2.20 bits per heavy atom. The van der Waals surface area contributed by atoms with Gasteiger partial charge in [0, 0.05) is 6.04 Å². The second-order valence-corrected chi connectivity index (χ2v) is 4.30. The molecule has 1 aliphatic heterocycles. The SMILES string of the molecule is CCC(C(=O)O)N1CCCCC1C(C)O. The molecule has 0 aromatic heterocycles. The summed E-state index contributed by atoms with van der Waals surface area (Å²) in [6, 6.07) is -0.426. The van der Waals surface area contributed by atoms with Crippen LogP contribution in [0, 0.1) is 0 Å². The summed E-state index contributed by atoms with van der Waals surface area (Å²) in [5.74, 6) is -0.773. The summed E-state index contributed by atoms with van der Waals surface area (Å²) in [5.41, 5.74) is 0. The molecule has 1 aliphatic rings. The van der Waals surface area contributed by atoms with Gasteiger partial charge in [0.2, 0.25) is 0 Å². The van der Waals surface area contributed by atoms with Gasteiger partial charge in [-0.15, -0.1) is 0 Å². The summed E-state index contributed by atoms with van der Waals surface area (Å²) in [4.78, 5) is 13.0. The summed E-state index contributed by atoms with van der Waals surface area (Å²) in [7, 11) is 0. The van der Waals surface area contributed by atoms with Crippen LogP contribution in [-0.4, -0.2) is 45.8 Å². The topological polar surface area (TPSA) is 60.8 Å². The minimum absolute atomic E-state index is 0.0137. The lowest BCUT2D eigenvalue weighted by Crippen LogP contribution is -2.53. The molecule has 0 bridgehead atoms. The highest BCUT2D eigenvalue weighted by atomic mass is 16.4. The van der Waals surface area contributed by atoms with E-state index in [4.69, 9.17) is 5.11 Å². The largest absolute Gasteiger partial charge is 0.480 e. The first-order valence-corrected chi connectivity index (χ1v) is 5.74. The van der Waals surface area contributed by atoms with Gasteiger partial charge in [-0.1, -0.05) is 13.3 Å². The lowest BCUT2D eigenvalue weighted by atomic mass is 9.95. The van der Waals surface area contributed by atoms with Gasteiger partial charge in [-0.25, -0.2) is 0 Å². The second kappa shape index (κ2) is 5.47. The number of aliphatic hydroxyl groups is 1. The molecule has 0 aromatic rings. The normalized spacial score (nSPS) is 27.3. The molecule has 15 heavy (non-hydrogen) atoms. The highest BCUT2D eigenvalue weighted by Gasteiger charge is 2.34. The van der Waals surface area contributed by atoms with E-state index < -0.39 is 18.1 Å². The first-order valence-electron chi connectivity index (χ1n) is 5.74. The Hall–Kier alpha value is -0.610. The summed E-state index contributed by atoms with van der Waals surface area (Å²) >= 11 is 0. The molecule has 3 unspecified atom stereocenters. The van der Waals surface area contributed by atoms with Crippen LogP contribution >= 0.6 is 0 Å². The maximum Gasteiger partial charge on any atom is 0.320 e. The number of aliphatic carboxylic acids is 1. The smallest absolute Gasteiger partial charge is 0.320 e. The Morgan fingerprint density at radius 1 is 1.53 bits per heavy atom. The quantitative estimate of drug-likeness (QED) is 0.737. The number of nitrogens with zero attached hydrogens (tertiary/aromatic N) is 1. The third kappa shape index (κ3) is 2.92. The minimum atomic E-state index is -0.773. The van der Waals surface area contributed by atoms with Gasteiger partial charge in [-0.3, -0.25) is 9.69 Å². The van der Waals surface area contributed by atoms with Gasteiger partial charge in [-0.2, -0.15) is 0 Å². The van der Waals surface area contributed by atoms with Gasteiger partial charge >= 0.3 is 5.97 Å². The van der Waals surface area contributed by atoms with Crippen molar-refractivity contribution in [2.75, 3.05) is 6.54 Å². The fraction of sp³-hybridized carbons (Fsp3) is 0.909. The van der Waals surface area contributed by atoms with Crippen LogP contribution in [0.2, 0.25) is 0 Å². The zero-order chi connectivity index (χ0) is 11.4. The zero-order valence-corrected chi connectivity index (χ0v) is 9.52. The minimum Gasteiger partial charge on any atom is -0.480 e. The van der Waals surface area contributed by atoms with Crippen molar-refractivity contribution in [3.8, 4) is 0 Å². The highest BCUT2D eigenvalue weighted by Crippen LogP contribution is 2.23. The van der Waals surface area contributed by atoms with Crippen molar-refractivity contribution in [1.82, 2.24) is 4.90 Å². The van der Waals surface area contributed by atoms with E-state index in [0.29, 0.717) is 6.42 Å². The van der Waals surface area contributed by atoms with Gasteiger partial charge < -0.3 is 10.2 Å². The fourth-order valence-electron chi connectivity index (χ4n) is 2.44. The van der Waals surface area contributed by atoms with Crippen LogP contribution in [0.15, 0.2) is 0 Å². The lowest BCUT2D eigenvalue weighted by Gasteiger charge is -2.40. The van der Waals surface area contributed by atoms with E-state index in [1.807, 2.05) is 11.8 Å². The maximum atomic E-state index is 11.1. The number of piperidine rings is 1. The molecule has 1 saturated heterocycles. The number of carbonyl (C=O) groups is 1. The van der Waals surface area contributed by atoms with Gasteiger partial charge in [0.05, 0.1) is 6.10 Å². The Kier molecular flexibility index (Phi) is 4.54. The average Bonchev–Trinajstić information content (AvgIpc) is 2.18. The molecule has 1 heterocycles. The molecule has 1 rings (SSSR count). The van der Waals surface area contributed by atoms with Gasteiger partial charge in [0.1, 0.15) is 6.04 Å². The average molecular weight is 215 g/mol. The monoisotopic (exact) mass is 215 g/mol. The number of carboxylic acid groups (broad SMARTS) is 1. The molecule has 0 spiro atoms. The zero-order valence-electron chi connectivity index (χ0n) is 9.52. The van der Waals surface area contributed by atoms with E-state index in [0.717, 1.165) is 25.8 Å². The van der Waals surface area contributed by atoms with Crippen molar-refractivity contribution in [2.24, 2.45) is 0 Å². The van der Waals surface area contributed by atoms with Gasteiger partial charge in [0.25, 0.3) is 0 Å². The predicted molar refractivity (Wildman–Crippen MR) is 57.7 cm³/mol. The number of likely N-dealkylation sites (tertiary alicyclic amines) is 1. The predicted octanol–water partition coefficient (Wildman–Crippen LogP) is 1.08. The summed E-state index contributed by atoms with van der Waals surface area (Å²) < 4.78 is 0. The van der Waals surface area contributed by atoms with E-state index in [1.165, 1.54) is 0 Å². The Bertz CT molecular complexity index is 218. The van der Waals surface area contributed by atoms with E-state index in [1.54, 1.807) is 6.92 Å². The molecule has 0 amide bonds. The van der Waals surface area contributed by atoms with Crippen molar-refractivity contribution < 1.29 is 15.0 Å². The van der Waals surface area contributed by atoms with Crippen LogP contribution in [0.25, 0.3) is 0 Å². The lowest BCUT2D eigenvalue weighted by molar-refractivity contribution is -0.146. The standard InChI is InChI=1S/C11H21NO3/c1-3-9(11(14)15)12-7-5-4-6-10(12)8(2)13/h8-10,13H,3-7H2,1-2H3,(H,14,15). The van der Waals surface area contributed by atoms with Gasteiger partial charge in [0.15, 0.2) is 0 Å². The van der Waals surface area contributed by atoms with E-state index in [2.05, 4.69) is 0 Å². The third-order valence-electron chi connectivity index (χ3n) is 3.22. The molecule has 0 aromatic carbocycles. The van der Waals surface area contributed by atoms with E-state index >= 15 is 0 Å². The van der Waals surface area contributed by atoms with Crippen LogP contribution in [0.3, 0.4) is 0 Å². The van der Waals surface area contributed by atoms with Crippen LogP contribution in [-0.2, 0) is 4.79 Å². The van der Waals surface area contributed by atoms with Crippen molar-refractivity contribution in [3.63, 3.8) is 0 Å². The Balaban J connectivity index is 2.73. The molecule has 88 valence electrons. The summed E-state index contributed by atoms with van der Waals surface area (Å²) in [6.07, 6.45) is 3.17. The molecule has 3 atom stereocenters. The van der Waals surface area contributed by atoms with Crippen LogP contribution < -0.4 is 0 Å². The Morgan fingerprint density at radius 3 is 2.67 bits per heavy atom. The fourth-order valence-corrected chi connectivity index (χ4v) is 2.44. The molecule has 1 fully saturated rings. The van der Waals surface area contributed by atoms with Crippen LogP contribution in [0.1, 0.15) is 39.5 Å². The first-order chi connectivity index (χ1) is 7.07. The molecule has 4 nitrogen and oxygen atoms in total. The molecular formula is C11H21NO3. The molecule has 2 N–H and O–H groups in total. The molecule has 4 heteroatoms. The number of aliphatic hydroxyl groups excluding tert-OH is 1. The van der Waals surface area contributed by atoms with Gasteiger partial charge in [-0.05, 0) is 32.7 Å². The molecule has 0 aliphatic carbocycles. The third-order valence-corrected chi connectivity index (χ3v) is 3.22. The molecule has 0 radical (unpaired) electrons. The van der Waals surface area contributed by atoms with Crippen molar-refractivity contribution in [1.29, 1.82) is 0 Å². The van der Waals surface area contributed by atoms with Crippen molar-refractivity contribution >= 4 is 5.97 Å². The number of rotatable bonds is 4. The van der Waals surface area contributed by atoms with Crippen molar-refractivity contribution in [2.45, 2.75) is 57.7 Å². The Labute approximate surface area is 90.9 Å².